The third kappa shape index (κ3) is 241. The van der Waals surface area contributed by atoms with Gasteiger partial charge in [-0.05, 0) is 20.8 Å². The molecule has 0 saturated carbocycles. The van der Waals surface area contributed by atoms with Gasteiger partial charge in [-0.15, -0.1) is 0 Å². The van der Waals surface area contributed by atoms with Crippen molar-refractivity contribution in [3.8, 4) is 0 Å². The van der Waals surface area contributed by atoms with Gasteiger partial charge in [0.05, 0.1) is 0 Å². The van der Waals surface area contributed by atoms with E-state index in [1.54, 1.807) is 6.92 Å². The maximum atomic E-state index is 10.6. The van der Waals surface area contributed by atoms with Crippen LogP contribution in [0.15, 0.2) is 0 Å². The van der Waals surface area contributed by atoms with Crippen LogP contribution in [0.3, 0.4) is 0 Å². The summed E-state index contributed by atoms with van der Waals surface area (Å²) in [6.07, 6.45) is 0.456. The van der Waals surface area contributed by atoms with Gasteiger partial charge in [-0.1, -0.05) is 6.92 Å². The molecule has 0 aromatic carbocycles. The number of rotatable bonds is 1. The van der Waals surface area contributed by atoms with E-state index in [0.29, 0.717) is 6.42 Å². The Kier molecular flexibility index (Phi) is 15.6. The number of carbonyl (C=O) groups is 1. The largest absolute Gasteiger partial charge is 0.673 e. The van der Waals surface area contributed by atoms with Crippen molar-refractivity contribution >= 4 is 27.7 Å². The minimum Gasteiger partial charge on any atom is -0.460 e. The molecule has 0 aliphatic rings. The molecule has 0 aromatic rings. The van der Waals surface area contributed by atoms with Gasteiger partial charge in [0.25, 0.3) is 0 Å². The topological polar surface area (TPSA) is 26.3 Å². The van der Waals surface area contributed by atoms with Gasteiger partial charge in [-0.25, -0.2) is 0 Å². The first kappa shape index (κ1) is 30.7. The standard InChI is InChI=1S/C7H14O2.3BF4/c1-5-6(8)9-7(2,3)4;3*2-1(3,4)5/h5H2,1-4H3;;;/q;3*-1. The van der Waals surface area contributed by atoms with Gasteiger partial charge in [0.15, 0.2) is 0 Å². The molecular formula is C7H14B3F12O2-3. The Labute approximate surface area is 130 Å². The Balaban J connectivity index is -0.000000116. The molecule has 0 amide bonds. The van der Waals surface area contributed by atoms with E-state index in [0.717, 1.165) is 0 Å². The van der Waals surface area contributed by atoms with E-state index in [4.69, 9.17) is 4.74 Å². The van der Waals surface area contributed by atoms with Gasteiger partial charge in [-0.3, -0.25) is 4.79 Å². The van der Waals surface area contributed by atoms with Crippen LogP contribution in [0.1, 0.15) is 34.1 Å². The highest BCUT2D eigenvalue weighted by molar-refractivity contribution is 6.50. The summed E-state index contributed by atoms with van der Waals surface area (Å²) in [5.41, 5.74) is -0.326. The van der Waals surface area contributed by atoms with Crippen molar-refractivity contribution < 1.29 is 61.3 Å². The first-order valence-electron chi connectivity index (χ1n) is 5.79. The van der Waals surface area contributed by atoms with Crippen LogP contribution in [0.2, 0.25) is 0 Å². The number of hydrogen-bond acceptors (Lipinski definition) is 2. The molecule has 0 bridgehead atoms. The minimum atomic E-state index is -6.00. The van der Waals surface area contributed by atoms with Gasteiger partial charge < -0.3 is 56.5 Å². The number of esters is 1. The fraction of sp³-hybridized carbons (Fsp3) is 0.857. The summed E-state index contributed by atoms with van der Waals surface area (Å²) in [4.78, 5) is 10.6. The second kappa shape index (κ2) is 12.2. The maximum Gasteiger partial charge on any atom is 0.673 e. The van der Waals surface area contributed by atoms with Crippen molar-refractivity contribution in [2.75, 3.05) is 0 Å². The quantitative estimate of drug-likeness (QED) is 0.329. The summed E-state index contributed by atoms with van der Waals surface area (Å²) in [6, 6.07) is 0. The summed E-state index contributed by atoms with van der Waals surface area (Å²) in [5.74, 6) is -0.137. The molecule has 0 fully saturated rings. The van der Waals surface area contributed by atoms with Gasteiger partial charge in [0.1, 0.15) is 5.60 Å². The molecule has 150 valence electrons. The molecule has 0 radical (unpaired) electrons. The number of hydrogen-bond donors (Lipinski definition) is 0. The van der Waals surface area contributed by atoms with Crippen LogP contribution >= 0.6 is 0 Å². The Morgan fingerprint density at radius 3 is 0.917 bits per heavy atom. The van der Waals surface area contributed by atoms with E-state index in [-0.39, 0.29) is 11.6 Å². The third-order valence-electron chi connectivity index (χ3n) is 0.709. The minimum absolute atomic E-state index is 0.137. The summed E-state index contributed by atoms with van der Waals surface area (Å²) in [7, 11) is -18.0. The first-order chi connectivity index (χ1) is 9.95. The van der Waals surface area contributed by atoms with E-state index >= 15 is 0 Å². The van der Waals surface area contributed by atoms with E-state index in [1.165, 1.54) is 0 Å². The molecule has 17 heteroatoms. The molecule has 0 N–H and O–H groups in total. The average molecular weight is 391 g/mol. The Bertz CT molecular complexity index is 272. The molecule has 2 nitrogen and oxygen atoms in total. The first-order valence-corrected chi connectivity index (χ1v) is 5.79. The van der Waals surface area contributed by atoms with Crippen molar-refractivity contribution in [1.82, 2.24) is 0 Å². The Morgan fingerprint density at radius 1 is 0.708 bits per heavy atom. The predicted molar refractivity (Wildman–Crippen MR) is 66.7 cm³/mol. The SMILES string of the molecule is CCC(=O)OC(C)(C)C.F[B-](F)(F)F.F[B-](F)(F)F.F[B-](F)(F)F. The lowest BCUT2D eigenvalue weighted by Gasteiger charge is -2.18. The lowest BCUT2D eigenvalue weighted by molar-refractivity contribution is -0.154. The molecule has 0 aliphatic carbocycles. The molecule has 0 heterocycles. The average Bonchev–Trinajstić information content (AvgIpc) is 2.05. The smallest absolute Gasteiger partial charge is 0.460 e. The van der Waals surface area contributed by atoms with Crippen LogP contribution in [-0.2, 0) is 9.53 Å². The number of carbonyl (C=O) groups excluding carboxylic acids is 1. The summed E-state index contributed by atoms with van der Waals surface area (Å²) < 4.78 is 122. The van der Waals surface area contributed by atoms with Crippen molar-refractivity contribution in [1.29, 1.82) is 0 Å². The normalized spacial score (nSPS) is 11.7. The molecule has 0 atom stereocenters. The molecule has 0 saturated heterocycles. The highest BCUT2D eigenvalue weighted by atomic mass is 19.5. The van der Waals surface area contributed by atoms with Crippen molar-refractivity contribution in [3.63, 3.8) is 0 Å². The van der Waals surface area contributed by atoms with Crippen LogP contribution in [0.25, 0.3) is 0 Å². The van der Waals surface area contributed by atoms with Crippen LogP contribution in [0.4, 0.5) is 51.8 Å². The second-order valence-electron chi connectivity index (χ2n) is 4.42. The Morgan fingerprint density at radius 2 is 0.875 bits per heavy atom. The van der Waals surface area contributed by atoms with Crippen molar-refractivity contribution in [3.05, 3.63) is 0 Å². The highest BCUT2D eigenvalue weighted by Gasteiger charge is 2.21. The predicted octanol–water partition coefficient (Wildman–Crippen LogP) is 5.64. The van der Waals surface area contributed by atoms with Crippen LogP contribution in [0, 0.1) is 0 Å². The van der Waals surface area contributed by atoms with Crippen molar-refractivity contribution in [2.24, 2.45) is 0 Å². The van der Waals surface area contributed by atoms with Crippen LogP contribution < -0.4 is 0 Å². The molecule has 24 heavy (non-hydrogen) atoms. The molecular weight excluding hydrogens is 376 g/mol. The lowest BCUT2D eigenvalue weighted by atomic mass is 10.2. The molecule has 0 aromatic heterocycles. The molecule has 0 unspecified atom stereocenters. The third-order valence-corrected chi connectivity index (χ3v) is 0.709. The van der Waals surface area contributed by atoms with Gasteiger partial charge >= 0.3 is 27.7 Å². The fourth-order valence-corrected chi connectivity index (χ4v) is 0.414. The summed E-state index contributed by atoms with van der Waals surface area (Å²) in [6.45, 7) is 7.37. The van der Waals surface area contributed by atoms with Gasteiger partial charge in [0, 0.05) is 6.42 Å². The summed E-state index contributed by atoms with van der Waals surface area (Å²) in [5, 5.41) is 0. The van der Waals surface area contributed by atoms with Crippen LogP contribution in [0.5, 0.6) is 0 Å². The molecule has 0 rings (SSSR count). The molecule has 0 spiro atoms. The lowest BCUT2D eigenvalue weighted by Crippen LogP contribution is -2.23. The zero-order chi connectivity index (χ0) is 21.0. The number of ether oxygens (including phenoxy) is 1. The fourth-order valence-electron chi connectivity index (χ4n) is 0.414. The van der Waals surface area contributed by atoms with E-state index in [2.05, 4.69) is 0 Å². The van der Waals surface area contributed by atoms with Crippen molar-refractivity contribution in [2.45, 2.75) is 39.7 Å². The van der Waals surface area contributed by atoms with E-state index < -0.39 is 21.8 Å². The Hall–Kier alpha value is -1.18. The van der Waals surface area contributed by atoms with E-state index in [9.17, 15) is 56.6 Å². The van der Waals surface area contributed by atoms with Gasteiger partial charge in [0.2, 0.25) is 0 Å². The molecule has 0 aliphatic heterocycles. The highest BCUT2D eigenvalue weighted by Crippen LogP contribution is 2.08. The van der Waals surface area contributed by atoms with E-state index in [1.807, 2.05) is 20.8 Å². The summed E-state index contributed by atoms with van der Waals surface area (Å²) >= 11 is 0. The monoisotopic (exact) mass is 391 g/mol. The van der Waals surface area contributed by atoms with Crippen LogP contribution in [-0.4, -0.2) is 33.3 Å². The van der Waals surface area contributed by atoms with Gasteiger partial charge in [-0.2, -0.15) is 0 Å². The zero-order valence-electron chi connectivity index (χ0n) is 12.8. The number of halogens is 12. The zero-order valence-corrected chi connectivity index (χ0v) is 12.8. The maximum absolute atomic E-state index is 10.6. The second-order valence-corrected chi connectivity index (χ2v) is 4.42.